The summed E-state index contributed by atoms with van der Waals surface area (Å²) in [4.78, 5) is 21.7. The maximum Gasteiger partial charge on any atom is 0.242 e. The molecule has 32 heavy (non-hydrogen) atoms. The first-order valence-electron chi connectivity index (χ1n) is 9.39. The van der Waals surface area contributed by atoms with Gasteiger partial charge in [-0.05, 0) is 36.4 Å². The molecule has 5 rings (SSSR count). The van der Waals surface area contributed by atoms with Crippen LogP contribution in [-0.4, -0.2) is 30.5 Å². The molecule has 0 amide bonds. The third-order valence-corrected chi connectivity index (χ3v) is 6.26. The van der Waals surface area contributed by atoms with Crippen LogP contribution < -0.4 is 0 Å². The van der Waals surface area contributed by atoms with Crippen LogP contribution in [0.3, 0.4) is 0 Å². The largest absolute Gasteiger partial charge is 0.503 e. The second-order valence-electron chi connectivity index (χ2n) is 6.86. The fourth-order valence-electron chi connectivity index (χ4n) is 3.50. The van der Waals surface area contributed by atoms with E-state index in [1.807, 2.05) is 0 Å². The van der Waals surface area contributed by atoms with Gasteiger partial charge in [0.05, 0.1) is 21.0 Å². The van der Waals surface area contributed by atoms with E-state index in [-0.39, 0.29) is 27.5 Å². The molecule has 0 saturated heterocycles. The van der Waals surface area contributed by atoms with Gasteiger partial charge in [-0.2, -0.15) is 0 Å². The Hall–Kier alpha value is -3.75. The molecule has 3 heterocycles. The summed E-state index contributed by atoms with van der Waals surface area (Å²) in [6.07, 6.45) is 2.83. The number of hydrogen-bond donors (Lipinski definition) is 2. The van der Waals surface area contributed by atoms with Crippen molar-refractivity contribution in [2.75, 3.05) is 0 Å². The van der Waals surface area contributed by atoms with E-state index in [1.54, 1.807) is 30.3 Å². The third kappa shape index (κ3) is 3.12. The zero-order valence-electron chi connectivity index (χ0n) is 16.2. The van der Waals surface area contributed by atoms with Crippen LogP contribution in [0.2, 0.25) is 5.02 Å². The molecule has 0 aliphatic heterocycles. The van der Waals surface area contributed by atoms with Gasteiger partial charge in [-0.15, -0.1) is 0 Å². The number of aromatic hydroxyl groups is 2. The summed E-state index contributed by atoms with van der Waals surface area (Å²) >= 11 is 7.42. The van der Waals surface area contributed by atoms with Gasteiger partial charge < -0.3 is 10.2 Å². The average molecular weight is 466 g/mol. The molecule has 0 bridgehead atoms. The molecule has 158 valence electrons. The minimum Gasteiger partial charge on any atom is -0.503 e. The molecular weight excluding hydrogens is 453 g/mol. The maximum absolute atomic E-state index is 14.9. The number of benzene rings is 2. The Bertz CT molecular complexity index is 1500. The van der Waals surface area contributed by atoms with E-state index in [2.05, 4.69) is 9.97 Å². The number of halogens is 2. The Balaban J connectivity index is 1.85. The fraction of sp³-hybridized carbons (Fsp3) is 0. The van der Waals surface area contributed by atoms with Crippen molar-refractivity contribution in [2.24, 2.45) is 0 Å². The van der Waals surface area contributed by atoms with Crippen LogP contribution in [-0.2, 0) is 0 Å². The molecule has 2 aromatic carbocycles. The van der Waals surface area contributed by atoms with Crippen LogP contribution in [0, 0.1) is 5.82 Å². The van der Waals surface area contributed by atoms with Crippen molar-refractivity contribution in [1.82, 2.24) is 14.5 Å². The van der Waals surface area contributed by atoms with Crippen LogP contribution >= 0.6 is 22.9 Å². The van der Waals surface area contributed by atoms with Crippen molar-refractivity contribution in [2.45, 2.75) is 0 Å². The highest BCUT2D eigenvalue weighted by molar-refractivity contribution is 7.21. The lowest BCUT2D eigenvalue weighted by Crippen LogP contribution is -2.06. The van der Waals surface area contributed by atoms with Crippen LogP contribution in [0.1, 0.15) is 15.9 Å². The van der Waals surface area contributed by atoms with Crippen LogP contribution in [0.5, 0.6) is 11.6 Å². The van der Waals surface area contributed by atoms with Gasteiger partial charge in [-0.3, -0.25) is 14.3 Å². The van der Waals surface area contributed by atoms with Crippen LogP contribution in [0.25, 0.3) is 26.6 Å². The zero-order chi connectivity index (χ0) is 22.4. The van der Waals surface area contributed by atoms with Crippen molar-refractivity contribution in [1.29, 1.82) is 0 Å². The summed E-state index contributed by atoms with van der Waals surface area (Å²) in [7, 11) is 0. The van der Waals surface area contributed by atoms with Crippen molar-refractivity contribution in [3.63, 3.8) is 0 Å². The van der Waals surface area contributed by atoms with E-state index in [9.17, 15) is 19.4 Å². The molecule has 0 aliphatic carbocycles. The highest BCUT2D eigenvalue weighted by atomic mass is 35.5. The van der Waals surface area contributed by atoms with E-state index >= 15 is 0 Å². The van der Waals surface area contributed by atoms with E-state index in [4.69, 9.17) is 11.6 Å². The molecule has 0 saturated carbocycles. The second-order valence-corrected chi connectivity index (χ2v) is 8.28. The molecule has 0 radical (unpaired) electrons. The summed E-state index contributed by atoms with van der Waals surface area (Å²) in [6, 6.07) is 14.1. The van der Waals surface area contributed by atoms with Gasteiger partial charge in [0, 0.05) is 23.5 Å². The first kappa shape index (κ1) is 20.2. The van der Waals surface area contributed by atoms with Crippen molar-refractivity contribution in [3.8, 4) is 28.0 Å². The molecule has 0 aliphatic rings. The summed E-state index contributed by atoms with van der Waals surface area (Å²) in [5.41, 5.74) is 0.389. The van der Waals surface area contributed by atoms with E-state index < -0.39 is 23.2 Å². The number of thiazole rings is 1. The number of carbonyl (C=O) groups is 1. The summed E-state index contributed by atoms with van der Waals surface area (Å²) in [6.45, 7) is 0. The highest BCUT2D eigenvalue weighted by Crippen LogP contribution is 2.46. The minimum absolute atomic E-state index is 0.0145. The smallest absolute Gasteiger partial charge is 0.242 e. The Morgan fingerprint density at radius 1 is 1.06 bits per heavy atom. The molecule has 0 unspecified atom stereocenters. The van der Waals surface area contributed by atoms with Gasteiger partial charge >= 0.3 is 0 Å². The number of pyridine rings is 1. The van der Waals surface area contributed by atoms with Gasteiger partial charge in [0.25, 0.3) is 0 Å². The Kier molecular flexibility index (Phi) is 4.88. The quantitative estimate of drug-likeness (QED) is 0.338. The monoisotopic (exact) mass is 465 g/mol. The second kappa shape index (κ2) is 7.74. The lowest BCUT2D eigenvalue weighted by molar-refractivity contribution is 0.103. The van der Waals surface area contributed by atoms with Gasteiger partial charge in [-0.25, -0.2) is 9.37 Å². The number of nitrogens with zero attached hydrogens (tertiary/aromatic N) is 3. The lowest BCUT2D eigenvalue weighted by Gasteiger charge is -2.10. The van der Waals surface area contributed by atoms with E-state index in [0.717, 1.165) is 4.70 Å². The molecule has 3 aromatic heterocycles. The average Bonchev–Trinajstić information content (AvgIpc) is 3.34. The first-order valence-corrected chi connectivity index (χ1v) is 10.6. The predicted octanol–water partition coefficient (Wildman–Crippen LogP) is 5.58. The summed E-state index contributed by atoms with van der Waals surface area (Å²) < 4.78 is 16.8. The lowest BCUT2D eigenvalue weighted by atomic mass is 10.00. The summed E-state index contributed by atoms with van der Waals surface area (Å²) in [5, 5.41) is 22.3. The maximum atomic E-state index is 14.9. The predicted molar refractivity (Wildman–Crippen MR) is 120 cm³/mol. The minimum atomic E-state index is -0.678. The van der Waals surface area contributed by atoms with Crippen molar-refractivity contribution >= 4 is 38.9 Å². The highest BCUT2D eigenvalue weighted by Gasteiger charge is 2.32. The fourth-order valence-corrected chi connectivity index (χ4v) is 4.77. The molecule has 0 spiro atoms. The van der Waals surface area contributed by atoms with E-state index in [0.29, 0.717) is 10.5 Å². The third-order valence-electron chi connectivity index (χ3n) is 4.95. The van der Waals surface area contributed by atoms with Gasteiger partial charge in [0.15, 0.2) is 10.9 Å². The Morgan fingerprint density at radius 2 is 1.88 bits per heavy atom. The SMILES string of the molecule is O=C(c1cccnc1)c1c(O)c(O)n(-c2nc3c(Cl)cccc3s2)c1-c1ccccc1F. The number of carbonyl (C=O) groups excluding carboxylic acids is 1. The van der Waals surface area contributed by atoms with Crippen LogP contribution in [0.4, 0.5) is 4.39 Å². The number of fused-ring (bicyclic) bond motifs is 1. The Morgan fingerprint density at radius 3 is 2.59 bits per heavy atom. The van der Waals surface area contributed by atoms with Gasteiger partial charge in [0.1, 0.15) is 11.3 Å². The van der Waals surface area contributed by atoms with E-state index in [1.165, 1.54) is 52.6 Å². The topological polar surface area (TPSA) is 88.2 Å². The van der Waals surface area contributed by atoms with Gasteiger partial charge in [-0.1, -0.05) is 41.1 Å². The van der Waals surface area contributed by atoms with Crippen molar-refractivity contribution < 1.29 is 19.4 Å². The molecule has 0 atom stereocenters. The molecule has 0 fully saturated rings. The number of rotatable bonds is 4. The summed E-state index contributed by atoms with van der Waals surface area (Å²) in [5.74, 6) is -2.57. The number of ketones is 1. The standard InChI is InChI=1S/C23H13ClFN3O3S/c24-14-7-3-9-16-18(14)27-23(32-16)28-19(13-6-1-2-8-15(13)25)17(21(30)22(28)31)20(29)12-5-4-10-26-11-12/h1-11,30-31H. The molecule has 2 N–H and O–H groups in total. The molecule has 9 heteroatoms. The Labute approximate surface area is 189 Å². The van der Waals surface area contributed by atoms with Gasteiger partial charge in [0.2, 0.25) is 11.7 Å². The molecule has 5 aromatic rings. The normalized spacial score (nSPS) is 11.2. The van der Waals surface area contributed by atoms with Crippen molar-refractivity contribution in [3.05, 3.63) is 89.0 Å². The first-order chi connectivity index (χ1) is 15.5. The number of hydrogen-bond acceptors (Lipinski definition) is 6. The van der Waals surface area contributed by atoms with Crippen LogP contribution in [0.15, 0.2) is 67.0 Å². The number of para-hydroxylation sites is 1. The molecule has 6 nitrogen and oxygen atoms in total. The molecular formula is C23H13ClFN3O3S. The zero-order valence-corrected chi connectivity index (χ0v) is 17.7. The number of aromatic nitrogens is 3.